The average molecular weight is 424 g/mol. The first kappa shape index (κ1) is 20.2. The van der Waals surface area contributed by atoms with E-state index in [4.69, 9.17) is 5.11 Å². The predicted molar refractivity (Wildman–Crippen MR) is 111 cm³/mol. The highest BCUT2D eigenvalue weighted by molar-refractivity contribution is 8.01. The number of carbonyl (C=O) groups excluding carboxylic acids is 1. The van der Waals surface area contributed by atoms with E-state index in [0.29, 0.717) is 12.5 Å². The molecule has 1 saturated carbocycles. The first-order chi connectivity index (χ1) is 13.6. The van der Waals surface area contributed by atoms with Crippen molar-refractivity contribution in [2.75, 3.05) is 25.4 Å². The number of carbonyl (C=O) groups is 2. The molecular weight excluding hydrogens is 394 g/mol. The smallest absolute Gasteiger partial charge is 0.355 e. The number of amides is 1. The lowest BCUT2D eigenvalue weighted by Crippen LogP contribution is -2.52. The van der Waals surface area contributed by atoms with Gasteiger partial charge in [-0.3, -0.25) is 9.69 Å². The van der Waals surface area contributed by atoms with Crippen LogP contribution < -0.4 is 0 Å². The van der Waals surface area contributed by atoms with Crippen molar-refractivity contribution in [1.29, 1.82) is 0 Å². The molecule has 1 aliphatic carbocycles. The summed E-state index contributed by atoms with van der Waals surface area (Å²) >= 11 is 2.91. The van der Waals surface area contributed by atoms with E-state index in [2.05, 4.69) is 14.8 Å². The Labute approximate surface area is 174 Å². The average Bonchev–Trinajstić information content (AvgIpc) is 3.30. The van der Waals surface area contributed by atoms with Crippen LogP contribution in [0.15, 0.2) is 9.72 Å². The summed E-state index contributed by atoms with van der Waals surface area (Å²) in [4.78, 5) is 32.3. The van der Waals surface area contributed by atoms with Gasteiger partial charge in [0.05, 0.1) is 0 Å². The maximum absolute atomic E-state index is 12.5. The van der Waals surface area contributed by atoms with Crippen LogP contribution in [0.25, 0.3) is 0 Å². The van der Waals surface area contributed by atoms with E-state index >= 15 is 0 Å². The van der Waals surface area contributed by atoms with E-state index < -0.39 is 5.97 Å². The van der Waals surface area contributed by atoms with Crippen molar-refractivity contribution in [3.63, 3.8) is 0 Å². The number of fused-ring (bicyclic) bond motifs is 1. The molecule has 1 amide bonds. The number of aromatic nitrogens is 1. The number of likely N-dealkylation sites (tertiary alicyclic amines) is 2. The van der Waals surface area contributed by atoms with Gasteiger partial charge in [0.1, 0.15) is 0 Å². The molecule has 3 atom stereocenters. The highest BCUT2D eigenvalue weighted by Crippen LogP contribution is 2.36. The van der Waals surface area contributed by atoms with Crippen molar-refractivity contribution in [3.8, 4) is 0 Å². The molecule has 154 valence electrons. The number of nitrogens with zero attached hydrogens (tertiary/aromatic N) is 3. The SMILES string of the molecule is O=C(O)c1csc(SCCN2C(=O)CC[C@@H]2CN2CCCC3CCCCC32)n1. The van der Waals surface area contributed by atoms with Crippen LogP contribution in [0.3, 0.4) is 0 Å². The van der Waals surface area contributed by atoms with Crippen LogP contribution in [0.1, 0.15) is 61.9 Å². The number of hydrogen-bond acceptors (Lipinski definition) is 6. The molecule has 0 aromatic carbocycles. The van der Waals surface area contributed by atoms with Gasteiger partial charge in [-0.2, -0.15) is 0 Å². The number of aromatic carboxylic acids is 1. The fourth-order valence-corrected chi connectivity index (χ4v) is 6.98. The van der Waals surface area contributed by atoms with Gasteiger partial charge in [0.15, 0.2) is 10.0 Å². The summed E-state index contributed by atoms with van der Waals surface area (Å²) in [6, 6.07) is 1.07. The second-order valence-electron chi connectivity index (χ2n) is 8.18. The summed E-state index contributed by atoms with van der Waals surface area (Å²) in [5.41, 5.74) is 0.106. The molecular formula is C20H29N3O3S2. The van der Waals surface area contributed by atoms with Crippen LogP contribution >= 0.6 is 23.1 Å². The van der Waals surface area contributed by atoms with Crippen molar-refractivity contribution in [3.05, 3.63) is 11.1 Å². The molecule has 1 aromatic rings. The maximum atomic E-state index is 12.5. The minimum atomic E-state index is -0.986. The Hall–Kier alpha value is -1.12. The first-order valence-electron chi connectivity index (χ1n) is 10.5. The van der Waals surface area contributed by atoms with Crippen LogP contribution in [-0.2, 0) is 4.79 Å². The minimum absolute atomic E-state index is 0.106. The molecule has 2 unspecified atom stereocenters. The minimum Gasteiger partial charge on any atom is -0.476 e. The summed E-state index contributed by atoms with van der Waals surface area (Å²) < 4.78 is 0.765. The van der Waals surface area contributed by atoms with Gasteiger partial charge in [-0.05, 0) is 44.6 Å². The largest absolute Gasteiger partial charge is 0.476 e. The van der Waals surface area contributed by atoms with Crippen LogP contribution in [0.4, 0.5) is 0 Å². The lowest BCUT2D eigenvalue weighted by molar-refractivity contribution is -0.129. The molecule has 3 fully saturated rings. The molecule has 1 N–H and O–H groups in total. The van der Waals surface area contributed by atoms with E-state index in [9.17, 15) is 9.59 Å². The summed E-state index contributed by atoms with van der Waals surface area (Å²) in [6.45, 7) is 2.93. The number of carboxylic acid groups (broad SMARTS) is 1. The molecule has 2 saturated heterocycles. The Morgan fingerprint density at radius 3 is 2.89 bits per heavy atom. The van der Waals surface area contributed by atoms with E-state index in [1.165, 1.54) is 56.4 Å². The normalized spacial score (nSPS) is 28.5. The van der Waals surface area contributed by atoms with Gasteiger partial charge in [0, 0.05) is 42.7 Å². The zero-order chi connectivity index (χ0) is 19.5. The summed E-state index contributed by atoms with van der Waals surface area (Å²) in [7, 11) is 0. The Morgan fingerprint density at radius 1 is 1.25 bits per heavy atom. The Morgan fingerprint density at radius 2 is 2.07 bits per heavy atom. The van der Waals surface area contributed by atoms with Crippen LogP contribution in [0.2, 0.25) is 0 Å². The van der Waals surface area contributed by atoms with Gasteiger partial charge >= 0.3 is 5.97 Å². The van der Waals surface area contributed by atoms with E-state index in [1.807, 2.05) is 0 Å². The molecule has 3 aliphatic rings. The molecule has 0 bridgehead atoms. The highest BCUT2D eigenvalue weighted by atomic mass is 32.2. The Kier molecular flexibility index (Phi) is 6.58. The summed E-state index contributed by atoms with van der Waals surface area (Å²) in [5.74, 6) is 0.923. The zero-order valence-electron chi connectivity index (χ0n) is 16.2. The predicted octanol–water partition coefficient (Wildman–Crippen LogP) is 3.58. The maximum Gasteiger partial charge on any atom is 0.355 e. The lowest BCUT2D eigenvalue weighted by atomic mass is 9.78. The quantitative estimate of drug-likeness (QED) is 0.676. The fraction of sp³-hybridized carbons (Fsp3) is 0.750. The van der Waals surface area contributed by atoms with Gasteiger partial charge in [-0.15, -0.1) is 11.3 Å². The van der Waals surface area contributed by atoms with Crippen LogP contribution in [-0.4, -0.2) is 69.2 Å². The van der Waals surface area contributed by atoms with Gasteiger partial charge in [-0.1, -0.05) is 24.6 Å². The number of thiazole rings is 1. The number of hydrogen-bond donors (Lipinski definition) is 1. The molecule has 8 heteroatoms. The standard InChI is InChI=1S/C20H29N3O3S2/c24-18-8-7-15(12-22-9-3-5-14-4-1-2-6-17(14)22)23(18)10-11-27-20-21-16(13-28-20)19(25)26/h13-15,17H,1-12H2,(H,25,26)/t14?,15-,17?/m1/s1. The van der Waals surface area contributed by atoms with E-state index in [1.54, 1.807) is 17.1 Å². The third kappa shape index (κ3) is 4.54. The van der Waals surface area contributed by atoms with Crippen LogP contribution in [0, 0.1) is 5.92 Å². The van der Waals surface area contributed by atoms with E-state index in [-0.39, 0.29) is 11.6 Å². The molecule has 4 rings (SSSR count). The van der Waals surface area contributed by atoms with E-state index in [0.717, 1.165) is 41.6 Å². The Bertz CT molecular complexity index is 709. The van der Waals surface area contributed by atoms with Crippen molar-refractivity contribution in [1.82, 2.24) is 14.8 Å². The number of piperidine rings is 1. The Balaban J connectivity index is 1.31. The van der Waals surface area contributed by atoms with Crippen LogP contribution in [0.5, 0.6) is 0 Å². The van der Waals surface area contributed by atoms with Gasteiger partial charge in [0.25, 0.3) is 0 Å². The van der Waals surface area contributed by atoms with Crippen molar-refractivity contribution in [2.24, 2.45) is 5.92 Å². The summed E-state index contributed by atoms with van der Waals surface area (Å²) in [5, 5.41) is 10.6. The summed E-state index contributed by atoms with van der Waals surface area (Å²) in [6.07, 6.45) is 9.78. The van der Waals surface area contributed by atoms with Crippen molar-refractivity contribution >= 4 is 35.0 Å². The van der Waals surface area contributed by atoms with Gasteiger partial charge in [-0.25, -0.2) is 9.78 Å². The fourth-order valence-electron chi connectivity index (χ4n) is 5.17. The molecule has 0 spiro atoms. The first-order valence-corrected chi connectivity index (χ1v) is 12.3. The number of rotatable bonds is 7. The molecule has 28 heavy (non-hydrogen) atoms. The second kappa shape index (κ2) is 9.13. The third-order valence-corrected chi connectivity index (χ3v) is 8.52. The molecule has 6 nitrogen and oxygen atoms in total. The zero-order valence-corrected chi connectivity index (χ0v) is 17.8. The molecule has 3 heterocycles. The third-order valence-electron chi connectivity index (χ3n) is 6.52. The highest BCUT2D eigenvalue weighted by Gasteiger charge is 2.37. The number of thioether (sulfide) groups is 1. The van der Waals surface area contributed by atoms with Gasteiger partial charge in [0.2, 0.25) is 5.91 Å². The lowest BCUT2D eigenvalue weighted by Gasteiger charge is -2.45. The molecule has 1 aromatic heterocycles. The number of carboxylic acids is 1. The topological polar surface area (TPSA) is 73.7 Å². The second-order valence-corrected chi connectivity index (χ2v) is 10.4. The molecule has 0 radical (unpaired) electrons. The van der Waals surface area contributed by atoms with Gasteiger partial charge < -0.3 is 10.0 Å². The van der Waals surface area contributed by atoms with Crippen molar-refractivity contribution < 1.29 is 14.7 Å². The molecule has 2 aliphatic heterocycles. The van der Waals surface area contributed by atoms with Crippen molar-refractivity contribution in [2.45, 2.75) is 67.8 Å². The monoisotopic (exact) mass is 423 g/mol.